The fourth-order valence-corrected chi connectivity index (χ4v) is 9.59. The molecule has 41 heavy (non-hydrogen) atoms. The Hall–Kier alpha value is -3.86. The van der Waals surface area contributed by atoms with Gasteiger partial charge in [-0.25, -0.2) is 0 Å². The lowest BCUT2D eigenvalue weighted by Gasteiger charge is -2.28. The Balaban J connectivity index is 0.00000337. The third kappa shape index (κ3) is 6.09. The molecule has 0 bridgehead atoms. The van der Waals surface area contributed by atoms with Crippen LogP contribution in [-0.2, 0) is 6.16 Å². The zero-order chi connectivity index (χ0) is 27.4. The van der Waals surface area contributed by atoms with Crippen molar-refractivity contribution in [2.45, 2.75) is 13.1 Å². The van der Waals surface area contributed by atoms with Crippen LogP contribution in [0.3, 0.4) is 0 Å². The summed E-state index contributed by atoms with van der Waals surface area (Å²) in [5.41, 5.74) is 4.43. The SMILES string of the molecule is Cc1ccc2cc(NC(=O)c3cccc(C[P+](c4ccccc4)(c4ccccc4)c4ccccc4)c3)ccc2n1.[I-]. The monoisotopic (exact) mass is 664 g/mol. The zero-order valence-electron chi connectivity index (χ0n) is 22.7. The van der Waals surface area contributed by atoms with Crippen molar-refractivity contribution >= 4 is 45.7 Å². The number of hydrogen-bond acceptors (Lipinski definition) is 2. The van der Waals surface area contributed by atoms with Crippen molar-refractivity contribution in [1.29, 1.82) is 0 Å². The summed E-state index contributed by atoms with van der Waals surface area (Å²) in [5.74, 6) is -0.121. The number of rotatable bonds is 7. The molecule has 0 atom stereocenters. The van der Waals surface area contributed by atoms with Gasteiger partial charge in [0, 0.05) is 22.3 Å². The lowest BCUT2D eigenvalue weighted by atomic mass is 10.1. The van der Waals surface area contributed by atoms with Gasteiger partial charge in [0.2, 0.25) is 0 Å². The molecular weight excluding hydrogens is 634 g/mol. The Labute approximate surface area is 259 Å². The highest BCUT2D eigenvalue weighted by atomic mass is 127. The molecule has 5 aromatic carbocycles. The minimum absolute atomic E-state index is 0. The van der Waals surface area contributed by atoms with Crippen LogP contribution in [0.15, 0.2) is 146 Å². The highest BCUT2D eigenvalue weighted by molar-refractivity contribution is 7.95. The topological polar surface area (TPSA) is 42.0 Å². The normalized spacial score (nSPS) is 11.0. The summed E-state index contributed by atoms with van der Waals surface area (Å²) in [4.78, 5) is 18.0. The second-order valence-corrected chi connectivity index (χ2v) is 13.5. The second-order valence-electron chi connectivity index (χ2n) is 9.99. The Morgan fingerprint density at radius 2 is 1.24 bits per heavy atom. The highest BCUT2D eigenvalue weighted by Gasteiger charge is 2.45. The van der Waals surface area contributed by atoms with E-state index in [1.807, 2.05) is 55.5 Å². The van der Waals surface area contributed by atoms with E-state index >= 15 is 0 Å². The predicted octanol–water partition coefficient (Wildman–Crippen LogP) is 4.29. The lowest BCUT2D eigenvalue weighted by molar-refractivity contribution is -0.0000154. The molecule has 0 aliphatic rings. The van der Waals surface area contributed by atoms with Crippen LogP contribution in [0.2, 0.25) is 0 Å². The number of nitrogens with zero attached hydrogens (tertiary/aromatic N) is 1. The molecule has 5 heteroatoms. The standard InChI is InChI=1S/C36H29N2OP.HI/c1-27-20-21-29-25-31(22-23-35(29)37-27)38-36(39)30-13-11-12-28(24-30)26-40(32-14-5-2-6-15-32,33-16-7-3-8-17-33)34-18-9-4-10-19-34;/h2-25H,26H2,1H3;1H. The Bertz CT molecular complexity index is 1680. The molecule has 0 radical (unpaired) electrons. The average Bonchev–Trinajstić information content (AvgIpc) is 3.01. The Kier molecular flexibility index (Phi) is 8.92. The Morgan fingerprint density at radius 3 is 1.83 bits per heavy atom. The molecule has 0 aliphatic heterocycles. The van der Waals surface area contributed by atoms with Crippen LogP contribution in [0.1, 0.15) is 21.6 Å². The maximum atomic E-state index is 13.4. The van der Waals surface area contributed by atoms with Crippen LogP contribution in [0.4, 0.5) is 5.69 Å². The average molecular weight is 665 g/mol. The number of pyridine rings is 1. The van der Waals surface area contributed by atoms with E-state index in [0.717, 1.165) is 34.0 Å². The maximum Gasteiger partial charge on any atom is 0.255 e. The van der Waals surface area contributed by atoms with E-state index in [4.69, 9.17) is 0 Å². The number of amides is 1. The first kappa shape index (κ1) is 28.7. The molecule has 1 N–H and O–H groups in total. The molecule has 6 aromatic rings. The first-order chi connectivity index (χ1) is 19.6. The summed E-state index contributed by atoms with van der Waals surface area (Å²) in [5, 5.41) is 8.06. The molecule has 0 spiro atoms. The number of anilines is 1. The van der Waals surface area contributed by atoms with Crippen molar-refractivity contribution in [2.24, 2.45) is 0 Å². The van der Waals surface area contributed by atoms with Gasteiger partial charge in [0.1, 0.15) is 23.2 Å². The molecule has 0 fully saturated rings. The van der Waals surface area contributed by atoms with Crippen LogP contribution >= 0.6 is 7.26 Å². The molecule has 1 aromatic heterocycles. The van der Waals surface area contributed by atoms with Gasteiger partial charge in [-0.1, -0.05) is 72.8 Å². The molecule has 0 aliphatic carbocycles. The molecule has 3 nitrogen and oxygen atoms in total. The first-order valence-corrected chi connectivity index (χ1v) is 15.4. The molecule has 0 saturated heterocycles. The number of aryl methyl sites for hydroxylation is 1. The third-order valence-electron chi connectivity index (χ3n) is 7.29. The smallest absolute Gasteiger partial charge is 0.255 e. The van der Waals surface area contributed by atoms with Gasteiger partial charge in [-0.2, -0.15) is 0 Å². The van der Waals surface area contributed by atoms with Gasteiger partial charge in [0.05, 0.1) is 11.7 Å². The number of carbonyl (C=O) groups is 1. The fourth-order valence-electron chi connectivity index (χ4n) is 5.36. The van der Waals surface area contributed by atoms with Gasteiger partial charge in [-0.05, 0) is 85.3 Å². The van der Waals surface area contributed by atoms with Crippen LogP contribution < -0.4 is 45.2 Å². The number of nitrogens with one attached hydrogen (secondary N) is 1. The number of aromatic nitrogens is 1. The molecule has 1 heterocycles. The number of benzene rings is 5. The van der Waals surface area contributed by atoms with Crippen LogP contribution in [0.25, 0.3) is 10.9 Å². The van der Waals surface area contributed by atoms with E-state index in [2.05, 4.69) is 107 Å². The van der Waals surface area contributed by atoms with Gasteiger partial charge < -0.3 is 29.3 Å². The van der Waals surface area contributed by atoms with Crippen molar-refractivity contribution < 1.29 is 28.8 Å². The fraction of sp³-hybridized carbons (Fsp3) is 0.0556. The van der Waals surface area contributed by atoms with Gasteiger partial charge in [-0.15, -0.1) is 0 Å². The summed E-state index contributed by atoms with van der Waals surface area (Å²) in [6.07, 6.45) is 0.813. The van der Waals surface area contributed by atoms with E-state index in [9.17, 15) is 4.79 Å². The van der Waals surface area contributed by atoms with Crippen LogP contribution in [-0.4, -0.2) is 10.9 Å². The maximum absolute atomic E-state index is 13.4. The second kappa shape index (κ2) is 12.8. The zero-order valence-corrected chi connectivity index (χ0v) is 25.8. The molecule has 202 valence electrons. The number of carbonyl (C=O) groups excluding carboxylic acids is 1. The number of hydrogen-bond donors (Lipinski definition) is 1. The van der Waals surface area contributed by atoms with E-state index < -0.39 is 7.26 Å². The van der Waals surface area contributed by atoms with Crippen molar-refractivity contribution in [3.05, 3.63) is 162 Å². The Morgan fingerprint density at radius 1 is 0.659 bits per heavy atom. The summed E-state index contributed by atoms with van der Waals surface area (Å²) in [6, 6.07) is 50.4. The van der Waals surface area contributed by atoms with Crippen molar-refractivity contribution in [3.8, 4) is 0 Å². The summed E-state index contributed by atoms with van der Waals surface area (Å²) < 4.78 is 0. The summed E-state index contributed by atoms with van der Waals surface area (Å²) in [6.45, 7) is 1.98. The minimum Gasteiger partial charge on any atom is -1.00 e. The number of halogens is 1. The lowest BCUT2D eigenvalue weighted by Crippen LogP contribution is -3.00. The molecule has 1 amide bonds. The predicted molar refractivity (Wildman–Crippen MR) is 170 cm³/mol. The quantitative estimate of drug-likeness (QED) is 0.205. The summed E-state index contributed by atoms with van der Waals surface area (Å²) in [7, 11) is -2.06. The highest BCUT2D eigenvalue weighted by Crippen LogP contribution is 2.58. The molecule has 0 unspecified atom stereocenters. The van der Waals surface area contributed by atoms with Crippen molar-refractivity contribution in [2.75, 3.05) is 5.32 Å². The minimum atomic E-state index is -2.06. The van der Waals surface area contributed by atoms with Crippen molar-refractivity contribution in [3.63, 3.8) is 0 Å². The van der Waals surface area contributed by atoms with E-state index in [-0.39, 0.29) is 29.9 Å². The van der Waals surface area contributed by atoms with Gasteiger partial charge in [0.15, 0.2) is 0 Å². The van der Waals surface area contributed by atoms with Gasteiger partial charge in [0.25, 0.3) is 5.91 Å². The molecular formula is C36H30IN2OP. The summed E-state index contributed by atoms with van der Waals surface area (Å²) >= 11 is 0. The molecule has 0 saturated carbocycles. The van der Waals surface area contributed by atoms with Crippen LogP contribution in [0.5, 0.6) is 0 Å². The van der Waals surface area contributed by atoms with E-state index in [1.54, 1.807) is 0 Å². The van der Waals surface area contributed by atoms with E-state index in [1.165, 1.54) is 15.9 Å². The van der Waals surface area contributed by atoms with Gasteiger partial charge in [-0.3, -0.25) is 9.78 Å². The van der Waals surface area contributed by atoms with E-state index in [0.29, 0.717) is 5.56 Å². The molecule has 6 rings (SSSR count). The first-order valence-electron chi connectivity index (χ1n) is 13.4. The van der Waals surface area contributed by atoms with Crippen LogP contribution in [0, 0.1) is 6.92 Å². The largest absolute Gasteiger partial charge is 1.00 e. The van der Waals surface area contributed by atoms with Crippen molar-refractivity contribution in [1.82, 2.24) is 4.98 Å². The number of fused-ring (bicyclic) bond motifs is 1. The third-order valence-corrected chi connectivity index (χ3v) is 11.7. The van der Waals surface area contributed by atoms with Gasteiger partial charge >= 0.3 is 0 Å².